The van der Waals surface area contributed by atoms with Crippen LogP contribution in [0.1, 0.15) is 50.8 Å². The van der Waals surface area contributed by atoms with Crippen LogP contribution in [0.3, 0.4) is 0 Å². The fourth-order valence-electron chi connectivity index (χ4n) is 2.46. The summed E-state index contributed by atoms with van der Waals surface area (Å²) >= 11 is 0. The molecule has 0 bridgehead atoms. The van der Waals surface area contributed by atoms with Gasteiger partial charge in [-0.05, 0) is 44.9 Å². The molecular weight excluding hydrogens is 220 g/mol. The molecule has 2 N–H and O–H groups in total. The van der Waals surface area contributed by atoms with Crippen molar-refractivity contribution < 1.29 is 0 Å². The number of aryl methyl sites for hydroxylation is 1. The van der Waals surface area contributed by atoms with E-state index in [-0.39, 0.29) is 6.04 Å². The highest BCUT2D eigenvalue weighted by atomic mass is 15.2. The SMILES string of the molecule is CCC(N)C(c1ccccc1C)N(C)C(C)CC. The smallest absolute Gasteiger partial charge is 0.0501 e. The molecule has 3 atom stereocenters. The van der Waals surface area contributed by atoms with Crippen LogP contribution in [0.2, 0.25) is 0 Å². The summed E-state index contributed by atoms with van der Waals surface area (Å²) in [6.07, 6.45) is 2.15. The van der Waals surface area contributed by atoms with Crippen molar-refractivity contribution in [2.45, 2.75) is 58.7 Å². The molecule has 0 saturated heterocycles. The second kappa shape index (κ2) is 6.91. The van der Waals surface area contributed by atoms with Gasteiger partial charge in [0.15, 0.2) is 0 Å². The minimum atomic E-state index is 0.185. The largest absolute Gasteiger partial charge is 0.326 e. The maximum absolute atomic E-state index is 6.37. The molecule has 0 aromatic heterocycles. The van der Waals surface area contributed by atoms with Crippen molar-refractivity contribution in [2.75, 3.05) is 7.05 Å². The summed E-state index contributed by atoms with van der Waals surface area (Å²) in [4.78, 5) is 2.43. The fraction of sp³-hybridized carbons (Fsp3) is 0.625. The molecule has 2 heteroatoms. The molecule has 3 unspecified atom stereocenters. The van der Waals surface area contributed by atoms with Crippen molar-refractivity contribution in [3.8, 4) is 0 Å². The highest BCUT2D eigenvalue weighted by Gasteiger charge is 2.26. The van der Waals surface area contributed by atoms with E-state index in [1.807, 2.05) is 0 Å². The second-order valence-electron chi connectivity index (χ2n) is 5.30. The summed E-state index contributed by atoms with van der Waals surface area (Å²) in [5, 5.41) is 0. The van der Waals surface area contributed by atoms with Crippen LogP contribution in [0.5, 0.6) is 0 Å². The van der Waals surface area contributed by atoms with E-state index in [1.54, 1.807) is 0 Å². The van der Waals surface area contributed by atoms with Crippen molar-refractivity contribution in [3.05, 3.63) is 35.4 Å². The molecule has 0 aliphatic carbocycles. The van der Waals surface area contributed by atoms with Crippen molar-refractivity contribution in [1.29, 1.82) is 0 Å². The Kier molecular flexibility index (Phi) is 5.83. The van der Waals surface area contributed by atoms with Crippen molar-refractivity contribution in [3.63, 3.8) is 0 Å². The van der Waals surface area contributed by atoms with Gasteiger partial charge in [-0.15, -0.1) is 0 Å². The number of rotatable bonds is 6. The first-order valence-corrected chi connectivity index (χ1v) is 7.05. The van der Waals surface area contributed by atoms with E-state index in [1.165, 1.54) is 11.1 Å². The summed E-state index contributed by atoms with van der Waals surface area (Å²) in [6.45, 7) is 8.84. The number of hydrogen-bond donors (Lipinski definition) is 1. The molecule has 0 aliphatic rings. The van der Waals surface area contributed by atoms with E-state index in [4.69, 9.17) is 5.73 Å². The van der Waals surface area contributed by atoms with Crippen molar-refractivity contribution in [1.82, 2.24) is 4.90 Å². The average molecular weight is 248 g/mol. The molecule has 102 valence electrons. The summed E-state index contributed by atoms with van der Waals surface area (Å²) in [5.74, 6) is 0. The minimum Gasteiger partial charge on any atom is -0.326 e. The predicted octanol–water partition coefficient (Wildman–Crippen LogP) is 3.50. The summed E-state index contributed by atoms with van der Waals surface area (Å²) < 4.78 is 0. The molecule has 0 amide bonds. The van der Waals surface area contributed by atoms with E-state index >= 15 is 0 Å². The maximum atomic E-state index is 6.37. The van der Waals surface area contributed by atoms with E-state index in [0.29, 0.717) is 12.1 Å². The third kappa shape index (κ3) is 3.33. The quantitative estimate of drug-likeness (QED) is 0.835. The Morgan fingerprint density at radius 1 is 1.17 bits per heavy atom. The molecular formula is C16H28N2. The fourth-order valence-corrected chi connectivity index (χ4v) is 2.46. The number of hydrogen-bond acceptors (Lipinski definition) is 2. The number of nitrogens with two attached hydrogens (primary N) is 1. The van der Waals surface area contributed by atoms with Gasteiger partial charge in [-0.3, -0.25) is 4.90 Å². The average Bonchev–Trinajstić information content (AvgIpc) is 2.39. The van der Waals surface area contributed by atoms with Gasteiger partial charge >= 0.3 is 0 Å². The minimum absolute atomic E-state index is 0.185. The summed E-state index contributed by atoms with van der Waals surface area (Å²) in [7, 11) is 2.20. The van der Waals surface area contributed by atoms with Gasteiger partial charge in [-0.25, -0.2) is 0 Å². The van der Waals surface area contributed by atoms with E-state index in [0.717, 1.165) is 12.8 Å². The van der Waals surface area contributed by atoms with Crippen molar-refractivity contribution in [2.24, 2.45) is 5.73 Å². The Morgan fingerprint density at radius 3 is 2.28 bits per heavy atom. The zero-order valence-electron chi connectivity index (χ0n) is 12.5. The van der Waals surface area contributed by atoms with Gasteiger partial charge < -0.3 is 5.73 Å². The molecule has 18 heavy (non-hydrogen) atoms. The summed E-state index contributed by atoms with van der Waals surface area (Å²) in [6, 6.07) is 9.64. The Balaban J connectivity index is 3.10. The maximum Gasteiger partial charge on any atom is 0.0501 e. The molecule has 0 aliphatic heterocycles. The first-order valence-electron chi connectivity index (χ1n) is 7.05. The third-order valence-electron chi connectivity index (χ3n) is 4.11. The van der Waals surface area contributed by atoms with Gasteiger partial charge in [0.1, 0.15) is 0 Å². The zero-order valence-corrected chi connectivity index (χ0v) is 12.5. The Morgan fingerprint density at radius 2 is 1.78 bits per heavy atom. The third-order valence-corrected chi connectivity index (χ3v) is 4.11. The first kappa shape index (κ1) is 15.2. The number of benzene rings is 1. The van der Waals surface area contributed by atoms with E-state index < -0.39 is 0 Å². The lowest BCUT2D eigenvalue weighted by molar-refractivity contribution is 0.154. The Labute approximate surface area is 112 Å². The lowest BCUT2D eigenvalue weighted by Gasteiger charge is -2.37. The van der Waals surface area contributed by atoms with Crippen LogP contribution in [-0.2, 0) is 0 Å². The molecule has 1 rings (SSSR count). The highest BCUT2D eigenvalue weighted by Crippen LogP contribution is 2.28. The first-order chi connectivity index (χ1) is 8.52. The second-order valence-corrected chi connectivity index (χ2v) is 5.30. The molecule has 0 spiro atoms. The van der Waals surface area contributed by atoms with Crippen LogP contribution in [-0.4, -0.2) is 24.0 Å². The molecule has 1 aromatic rings. The molecule has 0 saturated carbocycles. The van der Waals surface area contributed by atoms with Crippen LogP contribution in [0, 0.1) is 6.92 Å². The van der Waals surface area contributed by atoms with Crippen LogP contribution in [0.15, 0.2) is 24.3 Å². The van der Waals surface area contributed by atoms with Crippen LogP contribution < -0.4 is 5.73 Å². The molecule has 1 aromatic carbocycles. The van der Waals surface area contributed by atoms with E-state index in [9.17, 15) is 0 Å². The van der Waals surface area contributed by atoms with Gasteiger partial charge in [-0.2, -0.15) is 0 Å². The Hall–Kier alpha value is -0.860. The van der Waals surface area contributed by atoms with Gasteiger partial charge in [-0.1, -0.05) is 38.1 Å². The van der Waals surface area contributed by atoms with Crippen molar-refractivity contribution >= 4 is 0 Å². The van der Waals surface area contributed by atoms with E-state index in [2.05, 4.69) is 63.9 Å². The van der Waals surface area contributed by atoms with Gasteiger partial charge in [0.2, 0.25) is 0 Å². The van der Waals surface area contributed by atoms with Gasteiger partial charge in [0, 0.05) is 12.1 Å². The number of nitrogens with zero attached hydrogens (tertiary/aromatic N) is 1. The monoisotopic (exact) mass is 248 g/mol. The normalized spacial score (nSPS) is 16.6. The molecule has 0 fully saturated rings. The van der Waals surface area contributed by atoms with Crippen LogP contribution in [0.25, 0.3) is 0 Å². The molecule has 2 nitrogen and oxygen atoms in total. The lowest BCUT2D eigenvalue weighted by atomic mass is 9.92. The lowest BCUT2D eigenvalue weighted by Crippen LogP contribution is -2.43. The predicted molar refractivity (Wildman–Crippen MR) is 79.7 cm³/mol. The van der Waals surface area contributed by atoms with Crippen LogP contribution >= 0.6 is 0 Å². The topological polar surface area (TPSA) is 29.3 Å². The molecule has 0 radical (unpaired) electrons. The van der Waals surface area contributed by atoms with Gasteiger partial charge in [0.25, 0.3) is 0 Å². The van der Waals surface area contributed by atoms with Gasteiger partial charge in [0.05, 0.1) is 6.04 Å². The number of likely N-dealkylation sites (N-methyl/N-ethyl adjacent to an activating group) is 1. The highest BCUT2D eigenvalue weighted by molar-refractivity contribution is 5.30. The molecule has 0 heterocycles. The zero-order chi connectivity index (χ0) is 13.7. The standard InChI is InChI=1S/C16H28N2/c1-6-13(4)18(5)16(15(17)7-2)14-11-9-8-10-12(14)3/h8-11,13,15-16H,6-7,17H2,1-5H3. The Bertz CT molecular complexity index is 362. The van der Waals surface area contributed by atoms with Crippen LogP contribution in [0.4, 0.5) is 0 Å². The summed E-state index contributed by atoms with van der Waals surface area (Å²) in [5.41, 5.74) is 9.07.